The van der Waals surface area contributed by atoms with E-state index in [1.807, 2.05) is 0 Å². The average molecular weight is 345 g/mol. The summed E-state index contributed by atoms with van der Waals surface area (Å²) >= 11 is 0. The molecule has 25 heavy (non-hydrogen) atoms. The highest BCUT2D eigenvalue weighted by Gasteiger charge is 2.24. The largest absolute Gasteiger partial charge is 0.478 e. The zero-order valence-electron chi connectivity index (χ0n) is 14.6. The predicted molar refractivity (Wildman–Crippen MR) is 94.0 cm³/mol. The molecule has 3 rings (SSSR count). The first-order valence-electron chi connectivity index (χ1n) is 8.58. The number of nitrogens with zero attached hydrogens (tertiary/aromatic N) is 3. The molecule has 1 saturated carbocycles. The van der Waals surface area contributed by atoms with Crippen LogP contribution in [0, 0.1) is 0 Å². The van der Waals surface area contributed by atoms with Gasteiger partial charge in [0.2, 0.25) is 5.91 Å². The van der Waals surface area contributed by atoms with Gasteiger partial charge in [-0.15, -0.1) is 0 Å². The van der Waals surface area contributed by atoms with Crippen LogP contribution < -0.4 is 5.69 Å². The van der Waals surface area contributed by atoms with Crippen LogP contribution in [-0.4, -0.2) is 45.1 Å². The second kappa shape index (κ2) is 6.74. The van der Waals surface area contributed by atoms with Crippen LogP contribution in [-0.2, 0) is 11.3 Å². The number of carbonyl (C=O) groups is 2. The molecule has 1 aromatic carbocycles. The number of fused-ring (bicyclic) bond motifs is 1. The Labute approximate surface area is 145 Å². The van der Waals surface area contributed by atoms with Gasteiger partial charge in [0, 0.05) is 20.1 Å². The molecule has 0 radical (unpaired) electrons. The highest BCUT2D eigenvalue weighted by molar-refractivity contribution is 5.93. The SMILES string of the molecule is CN(C)C(=O)Cn1c(=O)n(C2CCCCC2)c2ccc(C(=O)O)cc21. The highest BCUT2D eigenvalue weighted by atomic mass is 16.4. The summed E-state index contributed by atoms with van der Waals surface area (Å²) in [6.07, 6.45) is 5.19. The molecule has 1 amide bonds. The average Bonchev–Trinajstić information content (AvgIpc) is 2.86. The Balaban J connectivity index is 2.19. The first-order chi connectivity index (χ1) is 11.9. The minimum Gasteiger partial charge on any atom is -0.478 e. The number of aromatic nitrogens is 2. The molecule has 1 aromatic heterocycles. The van der Waals surface area contributed by atoms with Crippen molar-refractivity contribution in [3.63, 3.8) is 0 Å². The smallest absolute Gasteiger partial charge is 0.335 e. The van der Waals surface area contributed by atoms with Gasteiger partial charge in [-0.1, -0.05) is 19.3 Å². The molecule has 1 aliphatic carbocycles. The first kappa shape index (κ1) is 17.3. The fourth-order valence-corrected chi connectivity index (χ4v) is 3.53. The molecule has 1 N–H and O–H groups in total. The van der Waals surface area contributed by atoms with Gasteiger partial charge < -0.3 is 10.0 Å². The van der Waals surface area contributed by atoms with E-state index >= 15 is 0 Å². The Hall–Kier alpha value is -2.57. The summed E-state index contributed by atoms with van der Waals surface area (Å²) in [6, 6.07) is 4.80. The number of hydrogen-bond acceptors (Lipinski definition) is 3. The summed E-state index contributed by atoms with van der Waals surface area (Å²) in [5, 5.41) is 9.26. The molecule has 1 aliphatic rings. The lowest BCUT2D eigenvalue weighted by Crippen LogP contribution is -2.33. The topological polar surface area (TPSA) is 84.5 Å². The van der Waals surface area contributed by atoms with Crippen LogP contribution in [0.2, 0.25) is 0 Å². The molecule has 7 nitrogen and oxygen atoms in total. The monoisotopic (exact) mass is 345 g/mol. The molecule has 134 valence electrons. The van der Waals surface area contributed by atoms with Gasteiger partial charge in [0.1, 0.15) is 6.54 Å². The Bertz CT molecular complexity index is 872. The highest BCUT2D eigenvalue weighted by Crippen LogP contribution is 2.30. The third-order valence-corrected chi connectivity index (χ3v) is 4.94. The van der Waals surface area contributed by atoms with E-state index in [0.717, 1.165) is 25.7 Å². The lowest BCUT2D eigenvalue weighted by Gasteiger charge is -2.23. The summed E-state index contributed by atoms with van der Waals surface area (Å²) in [7, 11) is 3.27. The van der Waals surface area contributed by atoms with Gasteiger partial charge in [0.25, 0.3) is 0 Å². The third kappa shape index (κ3) is 3.18. The van der Waals surface area contributed by atoms with E-state index in [-0.39, 0.29) is 29.7 Å². The first-order valence-corrected chi connectivity index (χ1v) is 8.58. The summed E-state index contributed by atoms with van der Waals surface area (Å²) in [5.74, 6) is -1.25. The van der Waals surface area contributed by atoms with E-state index in [1.54, 1.807) is 24.7 Å². The summed E-state index contributed by atoms with van der Waals surface area (Å²) in [5.41, 5.74) is 1.08. The van der Waals surface area contributed by atoms with Crippen molar-refractivity contribution in [2.75, 3.05) is 14.1 Å². The van der Waals surface area contributed by atoms with Crippen molar-refractivity contribution in [1.82, 2.24) is 14.0 Å². The predicted octanol–water partition coefficient (Wildman–Crippen LogP) is 2.09. The van der Waals surface area contributed by atoms with Crippen LogP contribution in [0.25, 0.3) is 11.0 Å². The molecule has 0 bridgehead atoms. The van der Waals surface area contributed by atoms with Crippen molar-refractivity contribution in [2.45, 2.75) is 44.7 Å². The maximum atomic E-state index is 13.0. The van der Waals surface area contributed by atoms with Gasteiger partial charge >= 0.3 is 11.7 Å². The van der Waals surface area contributed by atoms with E-state index in [2.05, 4.69) is 0 Å². The number of benzene rings is 1. The lowest BCUT2D eigenvalue weighted by molar-refractivity contribution is -0.129. The number of hydrogen-bond donors (Lipinski definition) is 1. The number of carboxylic acid groups (broad SMARTS) is 1. The molecule has 1 heterocycles. The number of imidazole rings is 1. The number of carbonyl (C=O) groups excluding carboxylic acids is 1. The summed E-state index contributed by atoms with van der Waals surface area (Å²) in [4.78, 5) is 37.9. The van der Waals surface area contributed by atoms with E-state index in [1.165, 1.54) is 28.0 Å². The lowest BCUT2D eigenvalue weighted by atomic mass is 9.95. The third-order valence-electron chi connectivity index (χ3n) is 4.94. The van der Waals surface area contributed by atoms with E-state index < -0.39 is 5.97 Å². The summed E-state index contributed by atoms with van der Waals surface area (Å²) in [6.45, 7) is -0.0921. The summed E-state index contributed by atoms with van der Waals surface area (Å²) < 4.78 is 3.15. The van der Waals surface area contributed by atoms with E-state index in [9.17, 15) is 19.5 Å². The van der Waals surface area contributed by atoms with Crippen molar-refractivity contribution in [1.29, 1.82) is 0 Å². The second-order valence-electron chi connectivity index (χ2n) is 6.83. The minimum atomic E-state index is -1.05. The van der Waals surface area contributed by atoms with Crippen molar-refractivity contribution < 1.29 is 14.7 Å². The van der Waals surface area contributed by atoms with Crippen molar-refractivity contribution in [2.24, 2.45) is 0 Å². The van der Waals surface area contributed by atoms with Crippen LogP contribution in [0.4, 0.5) is 0 Å². The number of amides is 1. The van der Waals surface area contributed by atoms with Gasteiger partial charge in [-0.25, -0.2) is 9.59 Å². The number of rotatable bonds is 4. The fraction of sp³-hybridized carbons (Fsp3) is 0.500. The van der Waals surface area contributed by atoms with Crippen LogP contribution in [0.15, 0.2) is 23.0 Å². The normalized spacial score (nSPS) is 15.4. The van der Waals surface area contributed by atoms with Crippen LogP contribution in [0.1, 0.15) is 48.5 Å². The number of likely N-dealkylation sites (N-methyl/N-ethyl adjacent to an activating group) is 1. The zero-order chi connectivity index (χ0) is 18.1. The van der Waals surface area contributed by atoms with Crippen LogP contribution in [0.3, 0.4) is 0 Å². The molecule has 0 saturated heterocycles. The van der Waals surface area contributed by atoms with Gasteiger partial charge in [-0.2, -0.15) is 0 Å². The maximum Gasteiger partial charge on any atom is 0.335 e. The molecule has 0 spiro atoms. The zero-order valence-corrected chi connectivity index (χ0v) is 14.6. The molecule has 0 aliphatic heterocycles. The van der Waals surface area contributed by atoms with Gasteiger partial charge in [0.05, 0.1) is 16.6 Å². The number of carboxylic acids is 1. The molecule has 1 fully saturated rings. The fourth-order valence-electron chi connectivity index (χ4n) is 3.53. The Morgan fingerprint density at radius 3 is 2.44 bits per heavy atom. The van der Waals surface area contributed by atoms with Crippen LogP contribution >= 0.6 is 0 Å². The molecule has 7 heteroatoms. The standard InChI is InChI=1S/C18H23N3O4/c1-19(2)16(22)11-20-15-10-12(17(23)24)8-9-14(15)21(18(20)25)13-6-4-3-5-7-13/h8-10,13H,3-7,11H2,1-2H3,(H,23,24). The molecule has 2 aromatic rings. The number of aromatic carboxylic acids is 1. The molecular formula is C18H23N3O4. The Morgan fingerprint density at radius 1 is 1.16 bits per heavy atom. The van der Waals surface area contributed by atoms with Crippen LogP contribution in [0.5, 0.6) is 0 Å². The quantitative estimate of drug-likeness (QED) is 0.919. The maximum absolute atomic E-state index is 13.0. The molecule has 0 atom stereocenters. The minimum absolute atomic E-state index is 0.0921. The molecular weight excluding hydrogens is 322 g/mol. The van der Waals surface area contributed by atoms with E-state index in [4.69, 9.17) is 0 Å². The Morgan fingerprint density at radius 2 is 1.84 bits per heavy atom. The van der Waals surface area contributed by atoms with Gasteiger partial charge in [-0.05, 0) is 31.0 Å². The van der Waals surface area contributed by atoms with Gasteiger partial charge in [0.15, 0.2) is 0 Å². The van der Waals surface area contributed by atoms with Crippen molar-refractivity contribution in [3.8, 4) is 0 Å². The Kier molecular flexibility index (Phi) is 4.65. The van der Waals surface area contributed by atoms with Crippen molar-refractivity contribution in [3.05, 3.63) is 34.2 Å². The van der Waals surface area contributed by atoms with E-state index in [0.29, 0.717) is 11.0 Å². The molecule has 0 unspecified atom stereocenters. The van der Waals surface area contributed by atoms with Crippen molar-refractivity contribution >= 4 is 22.9 Å². The second-order valence-corrected chi connectivity index (χ2v) is 6.83. The van der Waals surface area contributed by atoms with Gasteiger partial charge in [-0.3, -0.25) is 13.9 Å².